The summed E-state index contributed by atoms with van der Waals surface area (Å²) in [5.41, 5.74) is 1.79. The number of ether oxygens (including phenoxy) is 1. The van der Waals surface area contributed by atoms with Crippen LogP contribution in [-0.4, -0.2) is 17.5 Å². The monoisotopic (exact) mass is 270 g/mol. The lowest BCUT2D eigenvalue weighted by Crippen LogP contribution is -2.05. The van der Waals surface area contributed by atoms with Crippen molar-refractivity contribution >= 4 is 5.78 Å². The second kappa shape index (κ2) is 6.75. The van der Waals surface area contributed by atoms with Gasteiger partial charge in [-0.3, -0.25) is 4.79 Å². The fraction of sp³-hybridized carbons (Fsp3) is 0.235. The van der Waals surface area contributed by atoms with Crippen molar-refractivity contribution in [1.29, 1.82) is 0 Å². The van der Waals surface area contributed by atoms with Crippen LogP contribution in [-0.2, 0) is 0 Å². The number of carbonyl (C=O) groups excluding carboxylic acids is 1. The van der Waals surface area contributed by atoms with Gasteiger partial charge in [0.15, 0.2) is 5.78 Å². The zero-order valence-electron chi connectivity index (χ0n) is 11.5. The first kappa shape index (κ1) is 14.1. The molecule has 104 valence electrons. The SMILES string of the molecule is Cc1ccccc1C(=O)CCCOc1cccc(O)c1. The first-order valence-corrected chi connectivity index (χ1v) is 6.67. The molecule has 1 N–H and O–H groups in total. The second-order valence-electron chi connectivity index (χ2n) is 4.69. The number of hydrogen-bond donors (Lipinski definition) is 1. The maximum absolute atomic E-state index is 12.0. The van der Waals surface area contributed by atoms with Gasteiger partial charge in [0.25, 0.3) is 0 Å². The minimum atomic E-state index is 0.141. The van der Waals surface area contributed by atoms with Gasteiger partial charge in [0.2, 0.25) is 0 Å². The lowest BCUT2D eigenvalue weighted by molar-refractivity contribution is 0.0973. The van der Waals surface area contributed by atoms with Gasteiger partial charge < -0.3 is 9.84 Å². The number of hydrogen-bond acceptors (Lipinski definition) is 3. The van der Waals surface area contributed by atoms with Crippen LogP contribution in [0.3, 0.4) is 0 Å². The summed E-state index contributed by atoms with van der Waals surface area (Å²) in [7, 11) is 0. The zero-order chi connectivity index (χ0) is 14.4. The van der Waals surface area contributed by atoms with Crippen LogP contribution in [0.5, 0.6) is 11.5 Å². The number of aryl methyl sites for hydroxylation is 1. The van der Waals surface area contributed by atoms with Gasteiger partial charge in [-0.05, 0) is 31.0 Å². The lowest BCUT2D eigenvalue weighted by Gasteiger charge is -2.07. The summed E-state index contributed by atoms with van der Waals surface area (Å²) in [5, 5.41) is 9.30. The summed E-state index contributed by atoms with van der Waals surface area (Å²) in [6.45, 7) is 2.40. The van der Waals surface area contributed by atoms with Crippen LogP contribution in [0, 0.1) is 6.92 Å². The van der Waals surface area contributed by atoms with Crippen molar-refractivity contribution in [3.63, 3.8) is 0 Å². The molecule has 3 nitrogen and oxygen atoms in total. The Morgan fingerprint density at radius 3 is 2.70 bits per heavy atom. The van der Waals surface area contributed by atoms with Crippen LogP contribution in [0.15, 0.2) is 48.5 Å². The number of benzene rings is 2. The smallest absolute Gasteiger partial charge is 0.163 e. The van der Waals surface area contributed by atoms with Crippen molar-refractivity contribution in [3.8, 4) is 11.5 Å². The molecule has 0 heterocycles. The number of aromatic hydroxyl groups is 1. The van der Waals surface area contributed by atoms with E-state index in [2.05, 4.69) is 0 Å². The van der Waals surface area contributed by atoms with Crippen LogP contribution < -0.4 is 4.74 Å². The first-order chi connectivity index (χ1) is 9.66. The van der Waals surface area contributed by atoms with Crippen LogP contribution in [0.2, 0.25) is 0 Å². The summed E-state index contributed by atoms with van der Waals surface area (Å²) in [6, 6.07) is 14.3. The highest BCUT2D eigenvalue weighted by Gasteiger charge is 2.07. The van der Waals surface area contributed by atoms with E-state index in [4.69, 9.17) is 4.74 Å². The largest absolute Gasteiger partial charge is 0.508 e. The Labute approximate surface area is 118 Å². The molecular formula is C17H18O3. The van der Waals surface area contributed by atoms with Gasteiger partial charge in [0.1, 0.15) is 11.5 Å². The molecule has 0 radical (unpaired) electrons. The molecule has 3 heteroatoms. The molecule has 0 saturated carbocycles. The van der Waals surface area contributed by atoms with Gasteiger partial charge in [-0.1, -0.05) is 30.3 Å². The summed E-state index contributed by atoms with van der Waals surface area (Å²) >= 11 is 0. The summed E-state index contributed by atoms with van der Waals surface area (Å²) in [5.74, 6) is 0.939. The van der Waals surface area contributed by atoms with Crippen molar-refractivity contribution in [1.82, 2.24) is 0 Å². The molecule has 0 aliphatic heterocycles. The Morgan fingerprint density at radius 1 is 1.15 bits per heavy atom. The Kier molecular flexibility index (Phi) is 4.77. The predicted octanol–water partition coefficient (Wildman–Crippen LogP) is 3.74. The van der Waals surface area contributed by atoms with Gasteiger partial charge in [0.05, 0.1) is 6.61 Å². The second-order valence-corrected chi connectivity index (χ2v) is 4.69. The highest BCUT2D eigenvalue weighted by atomic mass is 16.5. The summed E-state index contributed by atoms with van der Waals surface area (Å²) in [6.07, 6.45) is 1.12. The van der Waals surface area contributed by atoms with Crippen LogP contribution in [0.4, 0.5) is 0 Å². The molecule has 2 aromatic carbocycles. The molecule has 0 bridgehead atoms. The number of carbonyl (C=O) groups is 1. The molecule has 0 amide bonds. The fourth-order valence-electron chi connectivity index (χ4n) is 2.02. The molecule has 0 spiro atoms. The molecule has 0 unspecified atom stereocenters. The quantitative estimate of drug-likeness (QED) is 0.642. The van der Waals surface area contributed by atoms with E-state index in [1.807, 2.05) is 31.2 Å². The van der Waals surface area contributed by atoms with Crippen LogP contribution in [0.1, 0.15) is 28.8 Å². The molecule has 0 saturated heterocycles. The van der Waals surface area contributed by atoms with E-state index in [0.29, 0.717) is 25.2 Å². The third-order valence-electron chi connectivity index (χ3n) is 3.08. The van der Waals surface area contributed by atoms with Crippen molar-refractivity contribution in [2.75, 3.05) is 6.61 Å². The van der Waals surface area contributed by atoms with E-state index in [-0.39, 0.29) is 11.5 Å². The van der Waals surface area contributed by atoms with Crippen molar-refractivity contribution in [2.24, 2.45) is 0 Å². The predicted molar refractivity (Wildman–Crippen MR) is 78.3 cm³/mol. The third-order valence-corrected chi connectivity index (χ3v) is 3.08. The molecule has 2 rings (SSSR count). The van der Waals surface area contributed by atoms with Gasteiger partial charge in [0, 0.05) is 18.1 Å². The molecule has 0 aliphatic rings. The Hall–Kier alpha value is -2.29. The number of rotatable bonds is 6. The average Bonchev–Trinajstić information content (AvgIpc) is 2.44. The number of ketones is 1. The average molecular weight is 270 g/mol. The normalized spacial score (nSPS) is 10.2. The Bertz CT molecular complexity index is 590. The van der Waals surface area contributed by atoms with E-state index in [1.54, 1.807) is 24.3 Å². The Morgan fingerprint density at radius 2 is 1.95 bits per heavy atom. The summed E-state index contributed by atoms with van der Waals surface area (Å²) < 4.78 is 5.49. The van der Waals surface area contributed by atoms with Gasteiger partial charge in [-0.25, -0.2) is 0 Å². The van der Waals surface area contributed by atoms with Crippen molar-refractivity contribution in [2.45, 2.75) is 19.8 Å². The number of phenols is 1. The molecule has 20 heavy (non-hydrogen) atoms. The molecular weight excluding hydrogens is 252 g/mol. The number of phenolic OH excluding ortho intramolecular Hbond substituents is 1. The van der Waals surface area contributed by atoms with E-state index in [1.165, 1.54) is 0 Å². The van der Waals surface area contributed by atoms with Crippen molar-refractivity contribution in [3.05, 3.63) is 59.7 Å². The highest BCUT2D eigenvalue weighted by molar-refractivity contribution is 5.97. The molecule has 0 atom stereocenters. The molecule has 2 aromatic rings. The minimum absolute atomic E-state index is 0.141. The maximum atomic E-state index is 12.0. The van der Waals surface area contributed by atoms with Crippen LogP contribution >= 0.6 is 0 Å². The molecule has 0 aliphatic carbocycles. The molecule has 0 fully saturated rings. The highest BCUT2D eigenvalue weighted by Crippen LogP contribution is 2.18. The standard InChI is InChI=1S/C17H18O3/c1-13-6-2-3-9-16(13)17(19)10-5-11-20-15-8-4-7-14(18)12-15/h2-4,6-9,12,18H,5,10-11H2,1H3. The number of Topliss-reactive ketones (excluding diaryl/α,β-unsaturated/α-hetero) is 1. The van der Waals surface area contributed by atoms with Crippen molar-refractivity contribution < 1.29 is 14.6 Å². The summed E-state index contributed by atoms with van der Waals surface area (Å²) in [4.78, 5) is 12.0. The molecule has 0 aromatic heterocycles. The van der Waals surface area contributed by atoms with E-state index < -0.39 is 0 Å². The third kappa shape index (κ3) is 3.85. The van der Waals surface area contributed by atoms with Gasteiger partial charge in [-0.15, -0.1) is 0 Å². The van der Waals surface area contributed by atoms with Crippen LogP contribution in [0.25, 0.3) is 0 Å². The van der Waals surface area contributed by atoms with E-state index in [0.717, 1.165) is 11.1 Å². The first-order valence-electron chi connectivity index (χ1n) is 6.67. The zero-order valence-corrected chi connectivity index (χ0v) is 11.5. The fourth-order valence-corrected chi connectivity index (χ4v) is 2.02. The van der Waals surface area contributed by atoms with E-state index in [9.17, 15) is 9.90 Å². The van der Waals surface area contributed by atoms with Gasteiger partial charge >= 0.3 is 0 Å². The minimum Gasteiger partial charge on any atom is -0.508 e. The lowest BCUT2D eigenvalue weighted by atomic mass is 10.0. The topological polar surface area (TPSA) is 46.5 Å². The van der Waals surface area contributed by atoms with E-state index >= 15 is 0 Å². The Balaban J connectivity index is 1.79. The van der Waals surface area contributed by atoms with Gasteiger partial charge in [-0.2, -0.15) is 0 Å². The maximum Gasteiger partial charge on any atom is 0.163 e.